The normalized spacial score (nSPS) is 18.8. The molecule has 1 fully saturated rings. The zero-order chi connectivity index (χ0) is 13.9. The quantitative estimate of drug-likeness (QED) is 0.876. The van der Waals surface area contributed by atoms with Crippen molar-refractivity contribution in [2.24, 2.45) is 0 Å². The van der Waals surface area contributed by atoms with Crippen LogP contribution in [0.25, 0.3) is 0 Å². The summed E-state index contributed by atoms with van der Waals surface area (Å²) in [6, 6.07) is 4.90. The number of hydrogen-bond donors (Lipinski definition) is 2. The van der Waals surface area contributed by atoms with Gasteiger partial charge in [0, 0.05) is 6.54 Å². The summed E-state index contributed by atoms with van der Waals surface area (Å²) in [7, 11) is 0. The Labute approximate surface area is 109 Å². The number of carbonyl (C=O) groups is 1. The first-order chi connectivity index (χ1) is 8.97. The molecular formula is C13H15F3N2O. The first kappa shape index (κ1) is 13.9. The van der Waals surface area contributed by atoms with Crippen molar-refractivity contribution in [2.45, 2.75) is 25.1 Å². The molecule has 1 atom stereocenters. The van der Waals surface area contributed by atoms with Crippen LogP contribution < -0.4 is 10.6 Å². The largest absolute Gasteiger partial charge is 0.416 e. The van der Waals surface area contributed by atoms with Crippen LogP contribution in [0.1, 0.15) is 17.5 Å². The predicted octanol–water partition coefficient (Wildman–Crippen LogP) is 1.73. The molecule has 0 radical (unpaired) electrons. The van der Waals surface area contributed by atoms with E-state index in [4.69, 9.17) is 0 Å². The lowest BCUT2D eigenvalue weighted by molar-refractivity contribution is -0.137. The highest BCUT2D eigenvalue weighted by atomic mass is 19.4. The van der Waals surface area contributed by atoms with Crippen molar-refractivity contribution in [1.29, 1.82) is 0 Å². The van der Waals surface area contributed by atoms with E-state index in [1.54, 1.807) is 0 Å². The summed E-state index contributed by atoms with van der Waals surface area (Å²) in [5, 5.41) is 5.74. The zero-order valence-electron chi connectivity index (χ0n) is 10.3. The Morgan fingerprint density at radius 1 is 1.32 bits per heavy atom. The van der Waals surface area contributed by atoms with Gasteiger partial charge >= 0.3 is 6.18 Å². The fraction of sp³-hybridized carbons (Fsp3) is 0.462. The van der Waals surface area contributed by atoms with Crippen molar-refractivity contribution in [3.63, 3.8) is 0 Å². The van der Waals surface area contributed by atoms with Crippen LogP contribution in [0.2, 0.25) is 0 Å². The number of amides is 1. The lowest BCUT2D eigenvalue weighted by Gasteiger charge is -2.26. The molecule has 0 aliphatic carbocycles. The summed E-state index contributed by atoms with van der Waals surface area (Å²) in [6.07, 6.45) is -2.94. The van der Waals surface area contributed by atoms with Gasteiger partial charge in [0.2, 0.25) is 5.91 Å². The Balaban J connectivity index is 1.78. The molecule has 104 valence electrons. The second kappa shape index (κ2) is 5.61. The SMILES string of the molecule is O=C(NCCc1ccc(C(F)(F)F)cc1)[C@@H]1CCN1. The fourth-order valence-electron chi connectivity index (χ4n) is 1.83. The fourth-order valence-corrected chi connectivity index (χ4v) is 1.83. The third kappa shape index (κ3) is 3.70. The van der Waals surface area contributed by atoms with Crippen molar-refractivity contribution in [3.05, 3.63) is 35.4 Å². The summed E-state index contributed by atoms with van der Waals surface area (Å²) in [5.74, 6) is -0.0434. The zero-order valence-corrected chi connectivity index (χ0v) is 10.3. The average molecular weight is 272 g/mol. The Bertz CT molecular complexity index is 438. The maximum atomic E-state index is 12.3. The van der Waals surface area contributed by atoms with Crippen molar-refractivity contribution >= 4 is 5.91 Å². The Morgan fingerprint density at radius 3 is 2.42 bits per heavy atom. The minimum Gasteiger partial charge on any atom is -0.354 e. The van der Waals surface area contributed by atoms with Gasteiger partial charge in [0.05, 0.1) is 11.6 Å². The van der Waals surface area contributed by atoms with Gasteiger partial charge in [0.15, 0.2) is 0 Å². The Morgan fingerprint density at radius 2 is 1.95 bits per heavy atom. The van der Waals surface area contributed by atoms with Crippen LogP contribution in [0.15, 0.2) is 24.3 Å². The molecule has 2 N–H and O–H groups in total. The van der Waals surface area contributed by atoms with E-state index in [9.17, 15) is 18.0 Å². The van der Waals surface area contributed by atoms with Crippen LogP contribution in [0.4, 0.5) is 13.2 Å². The standard InChI is InChI=1S/C13H15F3N2O/c14-13(15,16)10-3-1-9(2-4-10)5-7-18-12(19)11-6-8-17-11/h1-4,11,17H,5-8H2,(H,18,19)/t11-/m0/s1. The van der Waals surface area contributed by atoms with E-state index in [0.29, 0.717) is 13.0 Å². The van der Waals surface area contributed by atoms with Crippen LogP contribution in [-0.2, 0) is 17.4 Å². The van der Waals surface area contributed by atoms with E-state index in [0.717, 1.165) is 30.7 Å². The Kier molecular flexibility index (Phi) is 4.09. The number of alkyl halides is 3. The van der Waals surface area contributed by atoms with Crippen molar-refractivity contribution in [1.82, 2.24) is 10.6 Å². The van der Waals surface area contributed by atoms with Crippen molar-refractivity contribution < 1.29 is 18.0 Å². The highest BCUT2D eigenvalue weighted by molar-refractivity contribution is 5.82. The molecule has 0 unspecified atom stereocenters. The van der Waals surface area contributed by atoms with Crippen LogP contribution in [-0.4, -0.2) is 25.0 Å². The number of nitrogens with one attached hydrogen (secondary N) is 2. The molecular weight excluding hydrogens is 257 g/mol. The molecule has 0 aromatic heterocycles. The van der Waals surface area contributed by atoms with Gasteiger partial charge in [0.1, 0.15) is 0 Å². The second-order valence-corrected chi connectivity index (χ2v) is 4.53. The van der Waals surface area contributed by atoms with Gasteiger partial charge in [-0.05, 0) is 37.1 Å². The average Bonchev–Trinajstić information content (AvgIpc) is 2.26. The van der Waals surface area contributed by atoms with Crippen LogP contribution in [0, 0.1) is 0 Å². The smallest absolute Gasteiger partial charge is 0.354 e. The van der Waals surface area contributed by atoms with Crippen LogP contribution >= 0.6 is 0 Å². The predicted molar refractivity (Wildman–Crippen MR) is 64.6 cm³/mol. The highest BCUT2D eigenvalue weighted by Crippen LogP contribution is 2.29. The minimum atomic E-state index is -4.30. The van der Waals surface area contributed by atoms with Gasteiger partial charge in [-0.25, -0.2) is 0 Å². The van der Waals surface area contributed by atoms with Gasteiger partial charge in [-0.3, -0.25) is 4.79 Å². The van der Waals surface area contributed by atoms with E-state index in [-0.39, 0.29) is 11.9 Å². The van der Waals surface area contributed by atoms with Crippen molar-refractivity contribution in [2.75, 3.05) is 13.1 Å². The maximum absolute atomic E-state index is 12.3. The molecule has 1 aromatic rings. The van der Waals surface area contributed by atoms with Crippen LogP contribution in [0.3, 0.4) is 0 Å². The van der Waals surface area contributed by atoms with Gasteiger partial charge in [-0.15, -0.1) is 0 Å². The van der Waals surface area contributed by atoms with Gasteiger partial charge in [-0.1, -0.05) is 12.1 Å². The topological polar surface area (TPSA) is 41.1 Å². The molecule has 1 aliphatic heterocycles. The highest BCUT2D eigenvalue weighted by Gasteiger charge is 2.29. The Hall–Kier alpha value is -1.56. The summed E-state index contributed by atoms with van der Waals surface area (Å²) in [6.45, 7) is 1.29. The number of rotatable bonds is 4. The van der Waals surface area contributed by atoms with Gasteiger partial charge in [-0.2, -0.15) is 13.2 Å². The second-order valence-electron chi connectivity index (χ2n) is 4.53. The molecule has 1 heterocycles. The van der Waals surface area contributed by atoms with Gasteiger partial charge in [0.25, 0.3) is 0 Å². The molecule has 6 heteroatoms. The van der Waals surface area contributed by atoms with Crippen molar-refractivity contribution in [3.8, 4) is 0 Å². The molecule has 0 bridgehead atoms. The van der Waals surface area contributed by atoms with E-state index >= 15 is 0 Å². The first-order valence-corrected chi connectivity index (χ1v) is 6.14. The number of carbonyl (C=O) groups excluding carboxylic acids is 1. The number of halogens is 3. The minimum absolute atomic E-state index is 0.0434. The summed E-state index contributed by atoms with van der Waals surface area (Å²) in [5.41, 5.74) is 0.119. The summed E-state index contributed by atoms with van der Waals surface area (Å²) in [4.78, 5) is 11.5. The molecule has 1 aromatic carbocycles. The van der Waals surface area contributed by atoms with E-state index in [2.05, 4.69) is 10.6 Å². The molecule has 1 saturated heterocycles. The number of benzene rings is 1. The van der Waals surface area contributed by atoms with E-state index < -0.39 is 11.7 Å². The third-order valence-electron chi connectivity index (χ3n) is 3.13. The molecule has 19 heavy (non-hydrogen) atoms. The van der Waals surface area contributed by atoms with Gasteiger partial charge < -0.3 is 10.6 Å². The van der Waals surface area contributed by atoms with E-state index in [1.807, 2.05) is 0 Å². The third-order valence-corrected chi connectivity index (χ3v) is 3.13. The first-order valence-electron chi connectivity index (χ1n) is 6.14. The molecule has 1 amide bonds. The molecule has 0 spiro atoms. The van der Waals surface area contributed by atoms with Crippen LogP contribution in [0.5, 0.6) is 0 Å². The molecule has 1 aliphatic rings. The summed E-state index contributed by atoms with van der Waals surface area (Å²) < 4.78 is 37.0. The lowest BCUT2D eigenvalue weighted by Crippen LogP contribution is -2.53. The molecule has 3 nitrogen and oxygen atoms in total. The lowest BCUT2D eigenvalue weighted by atomic mass is 10.1. The van der Waals surface area contributed by atoms with E-state index in [1.165, 1.54) is 12.1 Å². The number of hydrogen-bond acceptors (Lipinski definition) is 2. The maximum Gasteiger partial charge on any atom is 0.416 e. The molecule has 2 rings (SSSR count). The summed E-state index contributed by atoms with van der Waals surface area (Å²) >= 11 is 0. The molecule has 0 saturated carbocycles. The monoisotopic (exact) mass is 272 g/mol.